The molecular formula is C14H17ClN2O. The third-order valence-electron chi connectivity index (χ3n) is 3.01. The van der Waals surface area contributed by atoms with E-state index in [1.54, 1.807) is 6.20 Å². The van der Waals surface area contributed by atoms with Gasteiger partial charge in [0.2, 0.25) is 0 Å². The molecule has 0 aliphatic heterocycles. The molecule has 0 bridgehead atoms. The van der Waals surface area contributed by atoms with Gasteiger partial charge in [-0.1, -0.05) is 17.7 Å². The number of rotatable bonds is 4. The van der Waals surface area contributed by atoms with Gasteiger partial charge in [-0.2, -0.15) is 0 Å². The van der Waals surface area contributed by atoms with Gasteiger partial charge >= 0.3 is 0 Å². The quantitative estimate of drug-likeness (QED) is 0.922. The molecule has 1 aromatic heterocycles. The fourth-order valence-corrected chi connectivity index (χ4v) is 2.32. The van der Waals surface area contributed by atoms with Gasteiger partial charge < -0.3 is 9.67 Å². The van der Waals surface area contributed by atoms with E-state index in [9.17, 15) is 5.11 Å². The van der Waals surface area contributed by atoms with Crippen LogP contribution < -0.4 is 0 Å². The lowest BCUT2D eigenvalue weighted by Gasteiger charge is -2.12. The first-order chi connectivity index (χ1) is 8.56. The van der Waals surface area contributed by atoms with Gasteiger partial charge in [0, 0.05) is 30.9 Å². The summed E-state index contributed by atoms with van der Waals surface area (Å²) in [5, 5.41) is 10.8. The van der Waals surface area contributed by atoms with Crippen LogP contribution in [0.2, 0.25) is 5.02 Å². The number of aryl methyl sites for hydroxylation is 3. The van der Waals surface area contributed by atoms with E-state index in [2.05, 4.69) is 4.98 Å². The first-order valence-corrected chi connectivity index (χ1v) is 6.35. The monoisotopic (exact) mass is 264 g/mol. The number of benzene rings is 1. The predicted octanol–water partition coefficient (Wildman–Crippen LogP) is 3.05. The number of halogens is 1. The fraction of sp³-hybridized carbons (Fsp3) is 0.357. The van der Waals surface area contributed by atoms with Crippen molar-refractivity contribution in [2.45, 2.75) is 25.9 Å². The Kier molecular flexibility index (Phi) is 4.04. The van der Waals surface area contributed by atoms with Gasteiger partial charge in [0.1, 0.15) is 5.82 Å². The third kappa shape index (κ3) is 3.12. The van der Waals surface area contributed by atoms with Crippen LogP contribution in [0.4, 0.5) is 0 Å². The van der Waals surface area contributed by atoms with Crippen molar-refractivity contribution in [3.63, 3.8) is 0 Å². The highest BCUT2D eigenvalue weighted by atomic mass is 35.5. The molecule has 1 heterocycles. The normalized spacial score (nSPS) is 12.7. The van der Waals surface area contributed by atoms with Gasteiger partial charge in [0.25, 0.3) is 0 Å². The van der Waals surface area contributed by atoms with Crippen molar-refractivity contribution in [1.82, 2.24) is 9.55 Å². The molecule has 0 amide bonds. The fourth-order valence-electron chi connectivity index (χ4n) is 2.03. The number of aromatic nitrogens is 2. The summed E-state index contributed by atoms with van der Waals surface area (Å²) in [4.78, 5) is 4.24. The molecule has 0 aliphatic carbocycles. The first-order valence-electron chi connectivity index (χ1n) is 5.97. The third-order valence-corrected chi connectivity index (χ3v) is 3.23. The molecule has 0 spiro atoms. The van der Waals surface area contributed by atoms with Gasteiger partial charge in [-0.25, -0.2) is 4.98 Å². The molecular weight excluding hydrogens is 248 g/mol. The highest BCUT2D eigenvalue weighted by molar-refractivity contribution is 6.30. The smallest absolute Gasteiger partial charge is 0.108 e. The number of aliphatic hydroxyl groups excluding tert-OH is 1. The van der Waals surface area contributed by atoms with Crippen LogP contribution >= 0.6 is 11.6 Å². The lowest BCUT2D eigenvalue weighted by molar-refractivity contribution is 0.166. The molecule has 18 heavy (non-hydrogen) atoms. The van der Waals surface area contributed by atoms with E-state index in [0.717, 1.165) is 23.4 Å². The Bertz CT molecular complexity index is 516. The average Bonchev–Trinajstić information content (AvgIpc) is 2.70. The van der Waals surface area contributed by atoms with Crippen LogP contribution in [-0.4, -0.2) is 14.7 Å². The van der Waals surface area contributed by atoms with Crippen LogP contribution in [0.5, 0.6) is 0 Å². The summed E-state index contributed by atoms with van der Waals surface area (Å²) < 4.78 is 1.97. The van der Waals surface area contributed by atoms with E-state index >= 15 is 0 Å². The summed E-state index contributed by atoms with van der Waals surface area (Å²) >= 11 is 5.99. The highest BCUT2D eigenvalue weighted by Gasteiger charge is 2.10. The molecule has 1 unspecified atom stereocenters. The van der Waals surface area contributed by atoms with Crippen LogP contribution in [0.15, 0.2) is 30.6 Å². The second-order valence-electron chi connectivity index (χ2n) is 4.57. The van der Waals surface area contributed by atoms with Crippen molar-refractivity contribution in [2.75, 3.05) is 0 Å². The van der Waals surface area contributed by atoms with Gasteiger partial charge in [0.05, 0.1) is 6.10 Å². The topological polar surface area (TPSA) is 38.1 Å². The molecule has 0 saturated carbocycles. The number of imidazole rings is 1. The standard InChI is InChI=1S/C14H17ClN2O/c1-10-7-11(9-12(15)8-10)13(18)3-4-14-16-5-6-17(14)2/h5-9,13,18H,3-4H2,1-2H3. The van der Waals surface area contributed by atoms with E-state index in [1.165, 1.54) is 0 Å². The molecule has 1 aromatic carbocycles. The minimum atomic E-state index is -0.501. The zero-order valence-corrected chi connectivity index (χ0v) is 11.4. The number of hydrogen-bond acceptors (Lipinski definition) is 2. The maximum absolute atomic E-state index is 10.2. The van der Waals surface area contributed by atoms with Crippen LogP contribution in [0.1, 0.15) is 29.5 Å². The first kappa shape index (κ1) is 13.1. The van der Waals surface area contributed by atoms with Crippen LogP contribution in [-0.2, 0) is 13.5 Å². The maximum Gasteiger partial charge on any atom is 0.108 e. The minimum absolute atomic E-state index is 0.501. The average molecular weight is 265 g/mol. The molecule has 3 nitrogen and oxygen atoms in total. The van der Waals surface area contributed by atoms with Crippen LogP contribution in [0.25, 0.3) is 0 Å². The Hall–Kier alpha value is -1.32. The largest absolute Gasteiger partial charge is 0.388 e. The second kappa shape index (κ2) is 5.55. The van der Waals surface area contributed by atoms with Crippen LogP contribution in [0, 0.1) is 6.92 Å². The summed E-state index contributed by atoms with van der Waals surface area (Å²) in [6.45, 7) is 1.97. The molecule has 96 valence electrons. The number of aliphatic hydroxyl groups is 1. The van der Waals surface area contributed by atoms with E-state index in [0.29, 0.717) is 11.4 Å². The molecule has 0 radical (unpaired) electrons. The van der Waals surface area contributed by atoms with Crippen LogP contribution in [0.3, 0.4) is 0 Å². The van der Waals surface area contributed by atoms with E-state index in [-0.39, 0.29) is 0 Å². The lowest BCUT2D eigenvalue weighted by atomic mass is 10.0. The van der Waals surface area contributed by atoms with Crippen molar-refractivity contribution >= 4 is 11.6 Å². The van der Waals surface area contributed by atoms with Gasteiger partial charge in [-0.3, -0.25) is 0 Å². The summed E-state index contributed by atoms with van der Waals surface area (Å²) in [7, 11) is 1.96. The molecule has 2 rings (SSSR count). The predicted molar refractivity (Wildman–Crippen MR) is 72.7 cm³/mol. The van der Waals surface area contributed by atoms with Gasteiger partial charge in [-0.05, 0) is 36.6 Å². The highest BCUT2D eigenvalue weighted by Crippen LogP contribution is 2.23. The Labute approximate surface area is 112 Å². The van der Waals surface area contributed by atoms with E-state index in [1.807, 2.05) is 42.9 Å². The Morgan fingerprint density at radius 1 is 1.39 bits per heavy atom. The molecule has 4 heteroatoms. The maximum atomic E-state index is 10.2. The Balaban J connectivity index is 2.03. The molecule has 1 atom stereocenters. The van der Waals surface area contributed by atoms with E-state index < -0.39 is 6.10 Å². The molecule has 1 N–H and O–H groups in total. The summed E-state index contributed by atoms with van der Waals surface area (Å²) in [5.41, 5.74) is 1.93. The Morgan fingerprint density at radius 3 is 2.78 bits per heavy atom. The van der Waals surface area contributed by atoms with Crippen molar-refractivity contribution in [2.24, 2.45) is 7.05 Å². The van der Waals surface area contributed by atoms with Crippen molar-refractivity contribution in [3.8, 4) is 0 Å². The lowest BCUT2D eigenvalue weighted by Crippen LogP contribution is -2.04. The second-order valence-corrected chi connectivity index (χ2v) is 5.01. The summed E-state index contributed by atoms with van der Waals surface area (Å²) in [6, 6.07) is 5.67. The number of hydrogen-bond donors (Lipinski definition) is 1. The number of nitrogens with zero attached hydrogens (tertiary/aromatic N) is 2. The molecule has 2 aromatic rings. The van der Waals surface area contributed by atoms with Crippen molar-refractivity contribution in [3.05, 3.63) is 52.6 Å². The van der Waals surface area contributed by atoms with Crippen molar-refractivity contribution < 1.29 is 5.11 Å². The molecule has 0 saturated heterocycles. The minimum Gasteiger partial charge on any atom is -0.388 e. The van der Waals surface area contributed by atoms with E-state index in [4.69, 9.17) is 11.6 Å². The molecule has 0 aliphatic rings. The molecule has 0 fully saturated rings. The van der Waals surface area contributed by atoms with Gasteiger partial charge in [0.15, 0.2) is 0 Å². The summed E-state index contributed by atoms with van der Waals surface area (Å²) in [5.74, 6) is 0.979. The van der Waals surface area contributed by atoms with Crippen molar-refractivity contribution in [1.29, 1.82) is 0 Å². The zero-order valence-electron chi connectivity index (χ0n) is 10.6. The van der Waals surface area contributed by atoms with Gasteiger partial charge in [-0.15, -0.1) is 0 Å². The zero-order chi connectivity index (χ0) is 13.1. The SMILES string of the molecule is Cc1cc(Cl)cc(C(O)CCc2nccn2C)c1. The summed E-state index contributed by atoms with van der Waals surface area (Å²) in [6.07, 6.45) is 4.57. The Morgan fingerprint density at radius 2 is 2.17 bits per heavy atom.